The molecular weight excluding hydrogens is 527 g/mol. The normalized spacial score (nSPS) is 17.2. The second-order valence-electron chi connectivity index (χ2n) is 8.80. The molecule has 39 heavy (non-hydrogen) atoms. The molecule has 1 aliphatic rings. The highest BCUT2D eigenvalue weighted by Gasteiger charge is 2.48. The number of alkyl halides is 5. The van der Waals surface area contributed by atoms with Crippen molar-refractivity contribution in [2.45, 2.75) is 24.6 Å². The lowest BCUT2D eigenvalue weighted by molar-refractivity contribution is -0.190. The van der Waals surface area contributed by atoms with E-state index in [1.54, 1.807) is 42.5 Å². The van der Waals surface area contributed by atoms with Crippen molar-refractivity contribution < 1.29 is 45.4 Å². The van der Waals surface area contributed by atoms with Crippen LogP contribution in [0.15, 0.2) is 77.4 Å². The van der Waals surface area contributed by atoms with Crippen LogP contribution in [0.25, 0.3) is 22.2 Å². The first kappa shape index (κ1) is 26.1. The first-order valence-corrected chi connectivity index (χ1v) is 11.7. The summed E-state index contributed by atoms with van der Waals surface area (Å²) in [4.78, 5) is 29.9. The molecule has 0 radical (unpaired) electrons. The number of carbonyl (C=O) groups is 2. The van der Waals surface area contributed by atoms with Gasteiger partial charge in [-0.15, -0.1) is 0 Å². The van der Waals surface area contributed by atoms with E-state index in [2.05, 4.69) is 9.72 Å². The number of piperidine rings is 1. The summed E-state index contributed by atoms with van der Waals surface area (Å²) in [6.07, 6.45) is -6.63. The summed E-state index contributed by atoms with van der Waals surface area (Å²) in [7, 11) is 0. The second-order valence-corrected chi connectivity index (χ2v) is 8.80. The zero-order valence-corrected chi connectivity index (χ0v) is 20.0. The predicted molar refractivity (Wildman–Crippen MR) is 127 cm³/mol. The fraction of sp³-hybridized carbons (Fsp3) is 0.222. The molecule has 12 heteroatoms. The van der Waals surface area contributed by atoms with E-state index >= 15 is 0 Å². The minimum absolute atomic E-state index is 0.209. The van der Waals surface area contributed by atoms with Crippen molar-refractivity contribution in [2.75, 3.05) is 13.1 Å². The smallest absolute Gasteiger partial charge is 0.464 e. The Morgan fingerprint density at radius 1 is 1.03 bits per heavy atom. The van der Waals surface area contributed by atoms with Gasteiger partial charge in [0.25, 0.3) is 17.7 Å². The lowest BCUT2D eigenvalue weighted by Gasteiger charge is -2.38. The number of aromatic nitrogens is 1. The zero-order chi connectivity index (χ0) is 27.8. The van der Waals surface area contributed by atoms with Crippen LogP contribution >= 0.6 is 0 Å². The van der Waals surface area contributed by atoms with Gasteiger partial charge in [0.15, 0.2) is 11.9 Å². The number of likely N-dealkylation sites (tertiary alicyclic amines) is 1. The number of amides is 1. The number of furan rings is 1. The molecule has 202 valence electrons. The molecule has 3 heterocycles. The third-order valence-corrected chi connectivity index (χ3v) is 6.12. The summed E-state index contributed by atoms with van der Waals surface area (Å²) in [5.74, 6) is -7.58. The van der Waals surface area contributed by atoms with Crippen LogP contribution < -0.4 is 9.47 Å². The van der Waals surface area contributed by atoms with E-state index in [0.29, 0.717) is 16.7 Å². The van der Waals surface area contributed by atoms with Gasteiger partial charge in [0.2, 0.25) is 0 Å². The van der Waals surface area contributed by atoms with Crippen molar-refractivity contribution in [1.29, 1.82) is 0 Å². The van der Waals surface area contributed by atoms with Gasteiger partial charge in [0, 0.05) is 29.5 Å². The van der Waals surface area contributed by atoms with E-state index in [4.69, 9.17) is 9.15 Å². The SMILES string of the molecule is O=C(c1cccc(-c2ccco2)c1)N1CCC(F)(F)C(Oc2nc3ccccc3cc2OC(=O)C(F)(F)F)C1. The molecule has 0 saturated carbocycles. The summed E-state index contributed by atoms with van der Waals surface area (Å²) in [6, 6.07) is 17.0. The van der Waals surface area contributed by atoms with Crippen LogP contribution in [0.5, 0.6) is 11.6 Å². The molecular formula is C27H19F5N2O5. The molecule has 5 rings (SSSR count). The Morgan fingerprint density at radius 3 is 2.56 bits per heavy atom. The minimum atomic E-state index is -5.34. The van der Waals surface area contributed by atoms with Crippen molar-refractivity contribution in [1.82, 2.24) is 9.88 Å². The van der Waals surface area contributed by atoms with Crippen molar-refractivity contribution in [3.8, 4) is 23.0 Å². The Bertz CT molecular complexity index is 1520. The van der Waals surface area contributed by atoms with Crippen molar-refractivity contribution in [3.63, 3.8) is 0 Å². The largest absolute Gasteiger partial charge is 0.491 e. The van der Waals surface area contributed by atoms with Crippen LogP contribution in [0.1, 0.15) is 16.8 Å². The lowest BCUT2D eigenvalue weighted by atomic mass is 10.0. The molecule has 2 aromatic heterocycles. The maximum atomic E-state index is 15.0. The molecule has 1 aliphatic heterocycles. The van der Waals surface area contributed by atoms with Crippen LogP contribution in [0, 0.1) is 0 Å². The molecule has 7 nitrogen and oxygen atoms in total. The first-order chi connectivity index (χ1) is 18.5. The third kappa shape index (κ3) is 5.54. The summed E-state index contributed by atoms with van der Waals surface area (Å²) < 4.78 is 83.7. The number of rotatable bonds is 5. The summed E-state index contributed by atoms with van der Waals surface area (Å²) >= 11 is 0. The van der Waals surface area contributed by atoms with Crippen LogP contribution in [-0.2, 0) is 4.79 Å². The van der Waals surface area contributed by atoms with E-state index in [0.717, 1.165) is 11.0 Å². The number of ether oxygens (including phenoxy) is 2. The molecule has 0 N–H and O–H groups in total. The highest BCUT2D eigenvalue weighted by molar-refractivity contribution is 5.95. The average Bonchev–Trinajstić information content (AvgIpc) is 3.44. The van der Waals surface area contributed by atoms with Gasteiger partial charge in [0.05, 0.1) is 18.3 Å². The summed E-state index contributed by atoms with van der Waals surface area (Å²) in [5, 5.41) is 0.290. The number of para-hydroxylation sites is 1. The number of pyridine rings is 1. The Morgan fingerprint density at radius 2 is 1.82 bits per heavy atom. The fourth-order valence-electron chi connectivity index (χ4n) is 4.14. The van der Waals surface area contributed by atoms with Gasteiger partial charge >= 0.3 is 12.1 Å². The molecule has 1 saturated heterocycles. The number of hydrogen-bond acceptors (Lipinski definition) is 6. The van der Waals surface area contributed by atoms with E-state index in [1.165, 1.54) is 24.5 Å². The second kappa shape index (κ2) is 10.0. The van der Waals surface area contributed by atoms with Gasteiger partial charge in [-0.1, -0.05) is 30.3 Å². The number of halogens is 5. The van der Waals surface area contributed by atoms with Crippen molar-refractivity contribution in [2.24, 2.45) is 0 Å². The molecule has 1 amide bonds. The van der Waals surface area contributed by atoms with Gasteiger partial charge in [-0.25, -0.2) is 18.6 Å². The monoisotopic (exact) mass is 546 g/mol. The molecule has 1 atom stereocenters. The molecule has 0 spiro atoms. The Kier molecular flexibility index (Phi) is 6.71. The highest BCUT2D eigenvalue weighted by atomic mass is 19.4. The predicted octanol–water partition coefficient (Wildman–Crippen LogP) is 5.89. The number of esters is 1. The molecule has 4 aromatic rings. The van der Waals surface area contributed by atoms with E-state index in [1.807, 2.05) is 0 Å². The quantitative estimate of drug-likeness (QED) is 0.229. The summed E-state index contributed by atoms with van der Waals surface area (Å²) in [5.41, 5.74) is 1.04. The minimum Gasteiger partial charge on any atom is -0.464 e. The maximum absolute atomic E-state index is 15.0. The number of carbonyl (C=O) groups excluding carboxylic acids is 2. The van der Waals surface area contributed by atoms with Crippen LogP contribution in [0.3, 0.4) is 0 Å². The van der Waals surface area contributed by atoms with Crippen LogP contribution in [-0.4, -0.2) is 53.1 Å². The van der Waals surface area contributed by atoms with Gasteiger partial charge in [-0.2, -0.15) is 13.2 Å². The number of hydrogen-bond donors (Lipinski definition) is 0. The molecule has 0 aliphatic carbocycles. The number of nitrogens with zero attached hydrogens (tertiary/aromatic N) is 2. The summed E-state index contributed by atoms with van der Waals surface area (Å²) in [6.45, 7) is -0.893. The van der Waals surface area contributed by atoms with Crippen molar-refractivity contribution >= 4 is 22.8 Å². The average molecular weight is 546 g/mol. The molecule has 0 bridgehead atoms. The Balaban J connectivity index is 1.42. The molecule has 1 fully saturated rings. The van der Waals surface area contributed by atoms with Gasteiger partial charge in [-0.3, -0.25) is 4.79 Å². The van der Waals surface area contributed by atoms with Crippen LogP contribution in [0.4, 0.5) is 22.0 Å². The standard InChI is InChI=1S/C27H19F5N2O5/c28-26(29)10-11-34(24(35)18-7-3-6-17(13-18)20-9-4-12-37-20)15-22(26)39-23-21(38-25(36)27(30,31)32)14-16-5-1-2-8-19(16)33-23/h1-9,12-14,22H,10-11,15H2. The lowest BCUT2D eigenvalue weighted by Crippen LogP contribution is -2.55. The van der Waals surface area contributed by atoms with E-state index < -0.39 is 54.7 Å². The fourth-order valence-corrected chi connectivity index (χ4v) is 4.14. The van der Waals surface area contributed by atoms with Crippen molar-refractivity contribution in [3.05, 3.63) is 78.6 Å². The van der Waals surface area contributed by atoms with E-state index in [9.17, 15) is 31.5 Å². The Hall–Kier alpha value is -4.48. The maximum Gasteiger partial charge on any atom is 0.491 e. The molecule has 2 aromatic carbocycles. The highest BCUT2D eigenvalue weighted by Crippen LogP contribution is 2.37. The third-order valence-electron chi connectivity index (χ3n) is 6.12. The van der Waals surface area contributed by atoms with Crippen LogP contribution in [0.2, 0.25) is 0 Å². The van der Waals surface area contributed by atoms with Gasteiger partial charge < -0.3 is 18.8 Å². The first-order valence-electron chi connectivity index (χ1n) is 11.7. The topological polar surface area (TPSA) is 81.9 Å². The van der Waals surface area contributed by atoms with Gasteiger partial charge in [-0.05, 0) is 36.4 Å². The van der Waals surface area contributed by atoms with Gasteiger partial charge in [0.1, 0.15) is 5.76 Å². The number of benzene rings is 2. The Labute approximate surface area is 217 Å². The number of fused-ring (bicyclic) bond motifs is 1. The van der Waals surface area contributed by atoms with E-state index in [-0.39, 0.29) is 17.6 Å². The zero-order valence-electron chi connectivity index (χ0n) is 20.0. The molecule has 1 unspecified atom stereocenters.